The van der Waals surface area contributed by atoms with E-state index in [1.807, 2.05) is 27.9 Å². The van der Waals surface area contributed by atoms with E-state index in [4.69, 9.17) is 0 Å². The summed E-state index contributed by atoms with van der Waals surface area (Å²) in [7, 11) is 4.00. The summed E-state index contributed by atoms with van der Waals surface area (Å²) < 4.78 is 0. The van der Waals surface area contributed by atoms with Crippen LogP contribution < -0.4 is 10.2 Å². The molecule has 0 radical (unpaired) electrons. The van der Waals surface area contributed by atoms with Gasteiger partial charge in [-0.15, -0.1) is 0 Å². The van der Waals surface area contributed by atoms with Crippen LogP contribution in [0.15, 0.2) is 24.3 Å². The highest BCUT2D eigenvalue weighted by Gasteiger charge is 2.22. The predicted molar refractivity (Wildman–Crippen MR) is 78.1 cm³/mol. The molecule has 2 N–H and O–H groups in total. The SMILES string of the molecule is CCC(NC)c1ccc(N(C)C(C)(C)CO)cc1. The maximum absolute atomic E-state index is 9.39. The van der Waals surface area contributed by atoms with Crippen LogP contribution in [-0.4, -0.2) is 31.3 Å². The fraction of sp³-hybridized carbons (Fsp3) is 0.600. The van der Waals surface area contributed by atoms with Gasteiger partial charge >= 0.3 is 0 Å². The molecule has 0 saturated heterocycles. The number of likely N-dealkylation sites (N-methyl/N-ethyl adjacent to an activating group) is 1. The minimum Gasteiger partial charge on any atom is -0.394 e. The minimum atomic E-state index is -0.241. The number of anilines is 1. The number of nitrogens with zero attached hydrogens (tertiary/aromatic N) is 1. The quantitative estimate of drug-likeness (QED) is 0.814. The molecule has 0 bridgehead atoms. The van der Waals surface area contributed by atoms with Gasteiger partial charge in [0.15, 0.2) is 0 Å². The highest BCUT2D eigenvalue weighted by molar-refractivity contribution is 5.49. The fourth-order valence-corrected chi connectivity index (χ4v) is 1.99. The highest BCUT2D eigenvalue weighted by Crippen LogP contribution is 2.24. The summed E-state index contributed by atoms with van der Waals surface area (Å²) in [6.07, 6.45) is 1.08. The van der Waals surface area contributed by atoms with Gasteiger partial charge in [-0.25, -0.2) is 0 Å². The molecule has 102 valence electrons. The third kappa shape index (κ3) is 3.24. The lowest BCUT2D eigenvalue weighted by Gasteiger charge is -2.36. The van der Waals surface area contributed by atoms with Crippen LogP contribution in [0.4, 0.5) is 5.69 Å². The number of hydrogen-bond donors (Lipinski definition) is 2. The molecule has 0 aromatic heterocycles. The Bertz CT molecular complexity index is 355. The third-order valence-corrected chi connectivity index (χ3v) is 3.73. The van der Waals surface area contributed by atoms with Crippen LogP contribution in [-0.2, 0) is 0 Å². The lowest BCUT2D eigenvalue weighted by molar-refractivity contribution is 0.216. The third-order valence-electron chi connectivity index (χ3n) is 3.73. The Kier molecular flexibility index (Phi) is 5.17. The van der Waals surface area contributed by atoms with E-state index in [0.29, 0.717) is 6.04 Å². The van der Waals surface area contributed by atoms with Gasteiger partial charge < -0.3 is 15.3 Å². The largest absolute Gasteiger partial charge is 0.394 e. The minimum absolute atomic E-state index is 0.138. The molecule has 0 heterocycles. The number of hydrogen-bond acceptors (Lipinski definition) is 3. The maximum Gasteiger partial charge on any atom is 0.0658 e. The van der Waals surface area contributed by atoms with Gasteiger partial charge in [0.2, 0.25) is 0 Å². The second-order valence-electron chi connectivity index (χ2n) is 5.37. The summed E-state index contributed by atoms with van der Waals surface area (Å²) in [5.41, 5.74) is 2.19. The van der Waals surface area contributed by atoms with Crippen LogP contribution in [0.5, 0.6) is 0 Å². The number of aliphatic hydroxyl groups is 1. The number of benzene rings is 1. The molecule has 0 fully saturated rings. The van der Waals surface area contributed by atoms with Crippen molar-refractivity contribution in [2.45, 2.75) is 38.8 Å². The van der Waals surface area contributed by atoms with Crippen LogP contribution in [0.2, 0.25) is 0 Å². The van der Waals surface area contributed by atoms with Gasteiger partial charge in [-0.3, -0.25) is 0 Å². The number of nitrogens with one attached hydrogen (secondary N) is 1. The normalized spacial score (nSPS) is 13.4. The van der Waals surface area contributed by atoms with Crippen molar-refractivity contribution in [2.24, 2.45) is 0 Å². The summed E-state index contributed by atoms with van der Waals surface area (Å²) in [6, 6.07) is 8.96. The molecule has 1 atom stereocenters. The summed E-state index contributed by atoms with van der Waals surface area (Å²) in [5.74, 6) is 0. The second kappa shape index (κ2) is 6.21. The van der Waals surface area contributed by atoms with Crippen LogP contribution >= 0.6 is 0 Å². The van der Waals surface area contributed by atoms with E-state index < -0.39 is 0 Å². The lowest BCUT2D eigenvalue weighted by Crippen LogP contribution is -2.44. The molecule has 18 heavy (non-hydrogen) atoms. The Morgan fingerprint density at radius 2 is 1.83 bits per heavy atom. The van der Waals surface area contributed by atoms with Crippen molar-refractivity contribution in [3.8, 4) is 0 Å². The van der Waals surface area contributed by atoms with Crippen molar-refractivity contribution < 1.29 is 5.11 Å². The van der Waals surface area contributed by atoms with Crippen LogP contribution in [0.25, 0.3) is 0 Å². The molecule has 3 heteroatoms. The average Bonchev–Trinajstić information content (AvgIpc) is 2.40. The van der Waals surface area contributed by atoms with E-state index >= 15 is 0 Å². The van der Waals surface area contributed by atoms with Gasteiger partial charge in [-0.2, -0.15) is 0 Å². The highest BCUT2D eigenvalue weighted by atomic mass is 16.3. The molecule has 1 unspecified atom stereocenters. The summed E-state index contributed by atoms with van der Waals surface area (Å²) in [6.45, 7) is 6.38. The molecular weight excluding hydrogens is 224 g/mol. The molecule has 0 aliphatic heterocycles. The van der Waals surface area contributed by atoms with Gasteiger partial charge in [0, 0.05) is 18.8 Å². The average molecular weight is 250 g/mol. The first kappa shape index (κ1) is 15.0. The van der Waals surface area contributed by atoms with Crippen molar-refractivity contribution in [3.05, 3.63) is 29.8 Å². The number of aliphatic hydroxyl groups excluding tert-OH is 1. The predicted octanol–water partition coefficient (Wildman–Crippen LogP) is 2.56. The molecule has 1 rings (SSSR count). The molecule has 0 aliphatic rings. The van der Waals surface area contributed by atoms with Crippen molar-refractivity contribution in [3.63, 3.8) is 0 Å². The first-order valence-corrected chi connectivity index (χ1v) is 6.58. The van der Waals surface area contributed by atoms with Crippen LogP contribution in [0, 0.1) is 0 Å². The van der Waals surface area contributed by atoms with Gasteiger partial charge in [0.1, 0.15) is 0 Å². The maximum atomic E-state index is 9.39. The molecule has 1 aromatic rings. The van der Waals surface area contributed by atoms with E-state index in [1.165, 1.54) is 5.56 Å². The summed E-state index contributed by atoms with van der Waals surface area (Å²) in [5, 5.41) is 12.7. The molecule has 0 spiro atoms. The molecule has 1 aromatic carbocycles. The van der Waals surface area contributed by atoms with E-state index in [-0.39, 0.29) is 12.1 Å². The summed E-state index contributed by atoms with van der Waals surface area (Å²) >= 11 is 0. The molecule has 0 amide bonds. The first-order chi connectivity index (χ1) is 8.46. The van der Waals surface area contributed by atoms with Crippen LogP contribution in [0.3, 0.4) is 0 Å². The Labute approximate surface area is 111 Å². The molecule has 0 saturated carbocycles. The van der Waals surface area contributed by atoms with Crippen molar-refractivity contribution in [1.29, 1.82) is 0 Å². The van der Waals surface area contributed by atoms with Gasteiger partial charge in [0.05, 0.1) is 12.1 Å². The molecule has 3 nitrogen and oxygen atoms in total. The Morgan fingerprint density at radius 1 is 1.28 bits per heavy atom. The van der Waals surface area contributed by atoms with Gasteiger partial charge in [-0.05, 0) is 45.0 Å². The zero-order valence-corrected chi connectivity index (χ0v) is 12.2. The van der Waals surface area contributed by atoms with Crippen molar-refractivity contribution in [2.75, 3.05) is 25.6 Å². The summed E-state index contributed by atoms with van der Waals surface area (Å²) in [4.78, 5) is 2.11. The fourth-order valence-electron chi connectivity index (χ4n) is 1.99. The van der Waals surface area contributed by atoms with Crippen molar-refractivity contribution >= 4 is 5.69 Å². The Hall–Kier alpha value is -1.06. The smallest absolute Gasteiger partial charge is 0.0658 e. The van der Waals surface area contributed by atoms with Crippen LogP contribution in [0.1, 0.15) is 38.8 Å². The monoisotopic (exact) mass is 250 g/mol. The zero-order valence-electron chi connectivity index (χ0n) is 12.2. The van der Waals surface area contributed by atoms with E-state index in [2.05, 4.69) is 41.4 Å². The molecular formula is C15H26N2O. The van der Waals surface area contributed by atoms with E-state index in [0.717, 1.165) is 12.1 Å². The lowest BCUT2D eigenvalue weighted by atomic mass is 10.0. The Morgan fingerprint density at radius 3 is 2.22 bits per heavy atom. The van der Waals surface area contributed by atoms with E-state index in [1.54, 1.807) is 0 Å². The van der Waals surface area contributed by atoms with Gasteiger partial charge in [0.25, 0.3) is 0 Å². The second-order valence-corrected chi connectivity index (χ2v) is 5.37. The Balaban J connectivity index is 2.89. The van der Waals surface area contributed by atoms with Crippen molar-refractivity contribution in [1.82, 2.24) is 5.32 Å². The van der Waals surface area contributed by atoms with Gasteiger partial charge in [-0.1, -0.05) is 19.1 Å². The molecule has 0 aliphatic carbocycles. The first-order valence-electron chi connectivity index (χ1n) is 6.58. The standard InChI is InChI=1S/C15H26N2O/c1-6-14(16-4)12-7-9-13(10-8-12)17(5)15(2,3)11-18/h7-10,14,16,18H,6,11H2,1-5H3. The number of rotatable bonds is 6. The van der Waals surface area contributed by atoms with E-state index in [9.17, 15) is 5.11 Å². The zero-order chi connectivity index (χ0) is 13.8. The topological polar surface area (TPSA) is 35.5 Å².